The van der Waals surface area contributed by atoms with Gasteiger partial charge in [0.1, 0.15) is 0 Å². The molecule has 1 aromatic heterocycles. The number of hydrogen-bond acceptors (Lipinski definition) is 5. The van der Waals surface area contributed by atoms with Crippen LogP contribution in [0.2, 0.25) is 0 Å². The van der Waals surface area contributed by atoms with E-state index in [9.17, 15) is 4.79 Å². The summed E-state index contributed by atoms with van der Waals surface area (Å²) < 4.78 is 0. The van der Waals surface area contributed by atoms with E-state index in [4.69, 9.17) is 11.5 Å². The van der Waals surface area contributed by atoms with Crippen molar-refractivity contribution in [3.05, 3.63) is 70.9 Å². The van der Waals surface area contributed by atoms with Crippen molar-refractivity contribution in [3.8, 4) is 11.3 Å². The molecule has 4 rings (SSSR count). The highest BCUT2D eigenvalue weighted by atomic mass is 16.2. The van der Waals surface area contributed by atoms with Crippen LogP contribution in [0.4, 0.5) is 11.6 Å². The van der Waals surface area contributed by atoms with Gasteiger partial charge in [-0.05, 0) is 38.1 Å². The van der Waals surface area contributed by atoms with E-state index in [0.29, 0.717) is 17.8 Å². The first-order chi connectivity index (χ1) is 12.9. The van der Waals surface area contributed by atoms with Crippen molar-refractivity contribution < 1.29 is 4.79 Å². The zero-order chi connectivity index (χ0) is 19.1. The largest absolute Gasteiger partial charge is 0.399 e. The molecule has 6 heteroatoms. The van der Waals surface area contributed by atoms with Gasteiger partial charge in [0.05, 0.1) is 24.0 Å². The van der Waals surface area contributed by atoms with E-state index in [1.165, 1.54) is 0 Å². The minimum absolute atomic E-state index is 0.0819. The number of nitrogens with two attached hydrogens (primary N) is 2. The SMILES string of the molecule is Cc1cccc(-c2nc(N)nc3c2CN(C(=O)c2cccc(N)c2)[C@@H]3C)c1. The molecule has 2 aromatic carbocycles. The van der Waals surface area contributed by atoms with Gasteiger partial charge in [-0.15, -0.1) is 0 Å². The van der Waals surface area contributed by atoms with Crippen LogP contribution in [0.1, 0.15) is 40.1 Å². The van der Waals surface area contributed by atoms with Crippen LogP contribution >= 0.6 is 0 Å². The Hall–Kier alpha value is -3.41. The van der Waals surface area contributed by atoms with Crippen molar-refractivity contribution in [2.45, 2.75) is 26.4 Å². The number of anilines is 2. The summed E-state index contributed by atoms with van der Waals surface area (Å²) in [6.07, 6.45) is 0. The van der Waals surface area contributed by atoms with Crippen molar-refractivity contribution in [1.82, 2.24) is 14.9 Å². The first-order valence-corrected chi connectivity index (χ1v) is 8.84. The van der Waals surface area contributed by atoms with Gasteiger partial charge in [-0.1, -0.05) is 29.8 Å². The highest BCUT2D eigenvalue weighted by Gasteiger charge is 2.35. The number of hydrogen-bond donors (Lipinski definition) is 2. The summed E-state index contributed by atoms with van der Waals surface area (Å²) in [6, 6.07) is 14.9. The molecule has 0 spiro atoms. The molecule has 1 amide bonds. The monoisotopic (exact) mass is 359 g/mol. The zero-order valence-electron chi connectivity index (χ0n) is 15.3. The van der Waals surface area contributed by atoms with Crippen LogP contribution in [0.5, 0.6) is 0 Å². The third kappa shape index (κ3) is 2.99. The van der Waals surface area contributed by atoms with E-state index in [2.05, 4.69) is 16.0 Å². The maximum Gasteiger partial charge on any atom is 0.254 e. The quantitative estimate of drug-likeness (QED) is 0.684. The summed E-state index contributed by atoms with van der Waals surface area (Å²) in [7, 11) is 0. The van der Waals surface area contributed by atoms with Crippen LogP contribution in [0.15, 0.2) is 48.5 Å². The fourth-order valence-corrected chi connectivity index (χ4v) is 3.59. The van der Waals surface area contributed by atoms with E-state index in [1.807, 2.05) is 32.0 Å². The second kappa shape index (κ2) is 6.39. The number of benzene rings is 2. The Morgan fingerprint density at radius 1 is 1.11 bits per heavy atom. The molecule has 0 bridgehead atoms. The molecule has 0 unspecified atom stereocenters. The van der Waals surface area contributed by atoms with E-state index in [1.54, 1.807) is 29.2 Å². The standard InChI is InChI=1S/C21H21N5O/c1-12-5-3-6-14(9-12)19-17-11-26(13(2)18(17)24-21(23)25-19)20(27)15-7-4-8-16(22)10-15/h3-10,13H,11,22H2,1-2H3,(H2,23,24,25)/t13-/m1/s1. The summed E-state index contributed by atoms with van der Waals surface area (Å²) in [5, 5.41) is 0. The van der Waals surface area contributed by atoms with E-state index >= 15 is 0 Å². The Balaban J connectivity index is 1.77. The molecule has 27 heavy (non-hydrogen) atoms. The van der Waals surface area contributed by atoms with Gasteiger partial charge in [-0.2, -0.15) is 0 Å². The van der Waals surface area contributed by atoms with Crippen molar-refractivity contribution in [3.63, 3.8) is 0 Å². The Kier molecular flexibility index (Phi) is 4.03. The lowest BCUT2D eigenvalue weighted by Crippen LogP contribution is -2.28. The van der Waals surface area contributed by atoms with Crippen molar-refractivity contribution in [1.29, 1.82) is 0 Å². The number of aryl methyl sites for hydroxylation is 1. The van der Waals surface area contributed by atoms with Gasteiger partial charge >= 0.3 is 0 Å². The lowest BCUT2D eigenvalue weighted by atomic mass is 10.0. The average molecular weight is 359 g/mol. The van der Waals surface area contributed by atoms with E-state index in [0.717, 1.165) is 28.1 Å². The number of fused-ring (bicyclic) bond motifs is 1. The maximum absolute atomic E-state index is 13.1. The number of aromatic nitrogens is 2. The van der Waals surface area contributed by atoms with Crippen LogP contribution in [-0.2, 0) is 6.54 Å². The Bertz CT molecular complexity index is 1050. The summed E-state index contributed by atoms with van der Waals surface area (Å²) in [4.78, 5) is 23.8. The molecule has 0 saturated carbocycles. The zero-order valence-corrected chi connectivity index (χ0v) is 15.3. The normalized spacial score (nSPS) is 15.6. The third-order valence-corrected chi connectivity index (χ3v) is 4.93. The van der Waals surface area contributed by atoms with Gasteiger partial charge in [-0.25, -0.2) is 9.97 Å². The number of carbonyl (C=O) groups is 1. The van der Waals surface area contributed by atoms with Crippen LogP contribution in [-0.4, -0.2) is 20.8 Å². The predicted octanol–water partition coefficient (Wildman–Crippen LogP) is 3.33. The second-order valence-corrected chi connectivity index (χ2v) is 6.90. The van der Waals surface area contributed by atoms with Crippen molar-refractivity contribution >= 4 is 17.5 Å². The Labute approximate surface area is 157 Å². The first-order valence-electron chi connectivity index (χ1n) is 8.84. The lowest BCUT2D eigenvalue weighted by molar-refractivity contribution is 0.0703. The van der Waals surface area contributed by atoms with Crippen LogP contribution < -0.4 is 11.5 Å². The molecule has 0 saturated heterocycles. The molecule has 0 radical (unpaired) electrons. The van der Waals surface area contributed by atoms with E-state index < -0.39 is 0 Å². The van der Waals surface area contributed by atoms with Gasteiger partial charge < -0.3 is 16.4 Å². The maximum atomic E-state index is 13.1. The molecule has 1 atom stereocenters. The number of carbonyl (C=O) groups excluding carboxylic acids is 1. The minimum Gasteiger partial charge on any atom is -0.399 e. The molecule has 1 aliphatic rings. The number of rotatable bonds is 2. The molecule has 4 N–H and O–H groups in total. The Morgan fingerprint density at radius 3 is 2.63 bits per heavy atom. The molecule has 1 aliphatic heterocycles. The first kappa shape index (κ1) is 17.0. The molecule has 6 nitrogen and oxygen atoms in total. The fraction of sp³-hybridized carbons (Fsp3) is 0.190. The molecule has 0 aliphatic carbocycles. The van der Waals surface area contributed by atoms with Crippen LogP contribution in [0.3, 0.4) is 0 Å². The van der Waals surface area contributed by atoms with Crippen molar-refractivity contribution in [2.24, 2.45) is 0 Å². The fourth-order valence-electron chi connectivity index (χ4n) is 3.59. The average Bonchev–Trinajstić information content (AvgIpc) is 2.97. The molecular weight excluding hydrogens is 338 g/mol. The van der Waals surface area contributed by atoms with Gasteiger partial charge in [-0.3, -0.25) is 4.79 Å². The molecular formula is C21H21N5O. The summed E-state index contributed by atoms with van der Waals surface area (Å²) in [6.45, 7) is 4.43. The topological polar surface area (TPSA) is 98.1 Å². The van der Waals surface area contributed by atoms with Crippen LogP contribution in [0, 0.1) is 6.92 Å². The number of nitrogens with zero attached hydrogens (tertiary/aromatic N) is 3. The van der Waals surface area contributed by atoms with Crippen LogP contribution in [0.25, 0.3) is 11.3 Å². The molecule has 0 fully saturated rings. The van der Waals surface area contributed by atoms with E-state index in [-0.39, 0.29) is 17.9 Å². The van der Waals surface area contributed by atoms with Gasteiger partial charge in [0.15, 0.2) is 0 Å². The lowest BCUT2D eigenvalue weighted by Gasteiger charge is -2.21. The highest BCUT2D eigenvalue weighted by Crippen LogP contribution is 2.38. The third-order valence-electron chi connectivity index (χ3n) is 4.93. The molecule has 136 valence electrons. The van der Waals surface area contributed by atoms with Gasteiger partial charge in [0, 0.05) is 22.4 Å². The number of amides is 1. The minimum atomic E-state index is -0.192. The second-order valence-electron chi connectivity index (χ2n) is 6.90. The smallest absolute Gasteiger partial charge is 0.254 e. The summed E-state index contributed by atoms with van der Waals surface area (Å²) >= 11 is 0. The predicted molar refractivity (Wildman–Crippen MR) is 106 cm³/mol. The molecule has 3 aromatic rings. The summed E-state index contributed by atoms with van der Waals surface area (Å²) in [5.74, 6) is 0.136. The van der Waals surface area contributed by atoms with Gasteiger partial charge in [0.2, 0.25) is 5.95 Å². The number of nitrogen functional groups attached to an aromatic ring is 2. The molecule has 2 heterocycles. The Morgan fingerprint density at radius 2 is 1.89 bits per heavy atom. The van der Waals surface area contributed by atoms with Crippen molar-refractivity contribution in [2.75, 3.05) is 11.5 Å². The van der Waals surface area contributed by atoms with Gasteiger partial charge in [0.25, 0.3) is 5.91 Å². The highest BCUT2D eigenvalue weighted by molar-refractivity contribution is 5.95. The summed E-state index contributed by atoms with van der Waals surface area (Å²) in [5.41, 5.74) is 17.6.